The summed E-state index contributed by atoms with van der Waals surface area (Å²) in [6, 6.07) is 6.55. The Kier molecular flexibility index (Phi) is 6.76. The van der Waals surface area contributed by atoms with Crippen LogP contribution in [0.2, 0.25) is 0 Å². The lowest BCUT2D eigenvalue weighted by Crippen LogP contribution is -2.41. The van der Waals surface area contributed by atoms with Crippen LogP contribution >= 0.6 is 0 Å². The van der Waals surface area contributed by atoms with Crippen LogP contribution in [0.4, 0.5) is 37.8 Å². The molecule has 7 nitrogen and oxygen atoms in total. The van der Waals surface area contributed by atoms with Crippen LogP contribution in [0.3, 0.4) is 0 Å². The van der Waals surface area contributed by atoms with Crippen molar-refractivity contribution in [2.45, 2.75) is 24.8 Å². The van der Waals surface area contributed by atoms with Crippen molar-refractivity contribution in [3.8, 4) is 16.9 Å². The Balaban J connectivity index is 1.56. The second-order valence-electron chi connectivity index (χ2n) is 7.97. The molecule has 1 fully saturated rings. The lowest BCUT2D eigenvalue weighted by Gasteiger charge is -2.21. The number of halogens is 6. The average molecular weight is 512 g/mol. The molecule has 1 unspecified atom stereocenters. The van der Waals surface area contributed by atoms with Gasteiger partial charge in [-0.05, 0) is 42.8 Å². The van der Waals surface area contributed by atoms with Crippen molar-refractivity contribution in [3.63, 3.8) is 0 Å². The highest BCUT2D eigenvalue weighted by Crippen LogP contribution is 2.37. The number of β-amino-alcohol motifs (C(OH)–C–C–N with tert-alkyl or cyclic N) is 1. The molecule has 0 spiro atoms. The number of aliphatic hydroxyl groups is 1. The van der Waals surface area contributed by atoms with E-state index in [-0.39, 0.29) is 11.3 Å². The van der Waals surface area contributed by atoms with E-state index in [1.807, 2.05) is 0 Å². The van der Waals surface area contributed by atoms with Crippen molar-refractivity contribution in [2.24, 2.45) is 0 Å². The van der Waals surface area contributed by atoms with Gasteiger partial charge >= 0.3 is 12.3 Å². The highest BCUT2D eigenvalue weighted by molar-refractivity contribution is 6.05. The highest BCUT2D eigenvalue weighted by atomic mass is 19.4. The maximum atomic E-state index is 13.8. The number of aromatic nitrogens is 2. The number of carbonyl (C=O) groups excluding carboxylic acids is 1. The van der Waals surface area contributed by atoms with Crippen molar-refractivity contribution in [1.82, 2.24) is 9.97 Å². The van der Waals surface area contributed by atoms with E-state index in [4.69, 9.17) is 0 Å². The van der Waals surface area contributed by atoms with Gasteiger partial charge in [0.25, 0.3) is 5.91 Å². The number of carbonyl (C=O) groups is 1. The van der Waals surface area contributed by atoms with Gasteiger partial charge in [-0.2, -0.15) is 22.0 Å². The lowest BCUT2D eigenvalue weighted by molar-refractivity contribution is -0.360. The van der Waals surface area contributed by atoms with E-state index in [0.29, 0.717) is 36.5 Å². The molecule has 13 heteroatoms. The first-order chi connectivity index (χ1) is 16.9. The number of alkyl halides is 5. The maximum absolute atomic E-state index is 13.8. The molecule has 190 valence electrons. The molecule has 2 aromatic heterocycles. The van der Waals surface area contributed by atoms with Crippen LogP contribution in [0.5, 0.6) is 5.75 Å². The van der Waals surface area contributed by atoms with Crippen molar-refractivity contribution >= 4 is 17.4 Å². The van der Waals surface area contributed by atoms with E-state index in [1.54, 1.807) is 4.90 Å². The fourth-order valence-corrected chi connectivity index (χ4v) is 3.55. The normalized spacial score (nSPS) is 16.2. The summed E-state index contributed by atoms with van der Waals surface area (Å²) in [6.45, 7) is 0.799. The summed E-state index contributed by atoms with van der Waals surface area (Å²) in [5.74, 6) is -1.61. The molecule has 1 aliphatic heterocycles. The monoisotopic (exact) mass is 512 g/mol. The van der Waals surface area contributed by atoms with Crippen LogP contribution in [-0.4, -0.2) is 52.5 Å². The van der Waals surface area contributed by atoms with Crippen molar-refractivity contribution < 1.29 is 41.0 Å². The minimum Gasteiger partial charge on any atom is -0.426 e. The molecule has 1 aromatic carbocycles. The maximum Gasteiger partial charge on any atom is 0.499 e. The second-order valence-corrected chi connectivity index (χ2v) is 7.97. The number of amides is 1. The van der Waals surface area contributed by atoms with E-state index >= 15 is 0 Å². The topological polar surface area (TPSA) is 87.6 Å². The molecule has 1 amide bonds. The third-order valence-corrected chi connectivity index (χ3v) is 5.30. The summed E-state index contributed by atoms with van der Waals surface area (Å²) >= 11 is 0. The Morgan fingerprint density at radius 1 is 1.08 bits per heavy atom. The highest BCUT2D eigenvalue weighted by Gasteiger charge is 2.61. The van der Waals surface area contributed by atoms with Gasteiger partial charge < -0.3 is 20.1 Å². The van der Waals surface area contributed by atoms with Crippen LogP contribution in [0.25, 0.3) is 11.1 Å². The summed E-state index contributed by atoms with van der Waals surface area (Å²) in [4.78, 5) is 22.8. The zero-order chi connectivity index (χ0) is 26.1. The predicted molar refractivity (Wildman–Crippen MR) is 116 cm³/mol. The number of nitrogens with one attached hydrogen (secondary N) is 1. The van der Waals surface area contributed by atoms with Gasteiger partial charge in [0, 0.05) is 42.3 Å². The van der Waals surface area contributed by atoms with E-state index in [1.165, 1.54) is 24.5 Å². The zero-order valence-corrected chi connectivity index (χ0v) is 18.3. The molecule has 1 saturated heterocycles. The van der Waals surface area contributed by atoms with E-state index in [9.17, 15) is 36.2 Å². The Labute approximate surface area is 200 Å². The van der Waals surface area contributed by atoms with E-state index in [0.717, 1.165) is 30.5 Å². The Morgan fingerprint density at radius 3 is 2.42 bits per heavy atom. The van der Waals surface area contributed by atoms with Gasteiger partial charge in [0.15, 0.2) is 0 Å². The predicted octanol–water partition coefficient (Wildman–Crippen LogP) is 4.64. The molecule has 0 aliphatic carbocycles. The average Bonchev–Trinajstić information content (AvgIpc) is 3.25. The largest absolute Gasteiger partial charge is 0.499 e. The van der Waals surface area contributed by atoms with Gasteiger partial charge in [0.1, 0.15) is 17.4 Å². The van der Waals surface area contributed by atoms with E-state index < -0.39 is 35.9 Å². The van der Waals surface area contributed by atoms with Gasteiger partial charge in [-0.15, -0.1) is 0 Å². The molecular weight excluding hydrogens is 494 g/mol. The molecule has 0 radical (unpaired) electrons. The SMILES string of the molecule is O=C(Nc1ccc(OC(F)(F)C(F)(F)F)cc1)c1cnc(N2CCC(O)C2)c(-c2cncc(F)c2)c1. The summed E-state index contributed by atoms with van der Waals surface area (Å²) < 4.78 is 80.6. The van der Waals surface area contributed by atoms with Gasteiger partial charge in [0.05, 0.1) is 17.9 Å². The van der Waals surface area contributed by atoms with Crippen LogP contribution in [0.15, 0.2) is 55.0 Å². The minimum atomic E-state index is -5.89. The third kappa shape index (κ3) is 5.51. The first-order valence-electron chi connectivity index (χ1n) is 10.5. The number of hydrogen-bond donors (Lipinski definition) is 2. The molecule has 1 atom stereocenters. The molecule has 3 aromatic rings. The molecule has 36 heavy (non-hydrogen) atoms. The van der Waals surface area contributed by atoms with Crippen molar-refractivity contribution in [2.75, 3.05) is 23.3 Å². The van der Waals surface area contributed by atoms with Gasteiger partial charge in [-0.1, -0.05) is 0 Å². The molecule has 4 rings (SSSR count). The third-order valence-electron chi connectivity index (χ3n) is 5.30. The molecule has 0 bridgehead atoms. The van der Waals surface area contributed by atoms with Crippen LogP contribution in [-0.2, 0) is 0 Å². The Hall–Kier alpha value is -3.87. The summed E-state index contributed by atoms with van der Waals surface area (Å²) in [5, 5.41) is 12.4. The van der Waals surface area contributed by atoms with E-state index in [2.05, 4.69) is 20.0 Å². The van der Waals surface area contributed by atoms with Gasteiger partial charge in [0.2, 0.25) is 0 Å². The molecule has 1 aliphatic rings. The quantitative estimate of drug-likeness (QED) is 0.468. The number of benzene rings is 1. The summed E-state index contributed by atoms with van der Waals surface area (Å²) in [5.41, 5.74) is 0.882. The smallest absolute Gasteiger partial charge is 0.426 e. The summed E-state index contributed by atoms with van der Waals surface area (Å²) in [6.07, 6.45) is -7.62. The number of aliphatic hydroxyl groups excluding tert-OH is 1. The molecule has 3 heterocycles. The van der Waals surface area contributed by atoms with Crippen molar-refractivity contribution in [1.29, 1.82) is 0 Å². The lowest BCUT2D eigenvalue weighted by atomic mass is 10.1. The number of rotatable bonds is 6. The molecule has 2 N–H and O–H groups in total. The number of pyridine rings is 2. The zero-order valence-electron chi connectivity index (χ0n) is 18.3. The van der Waals surface area contributed by atoms with Gasteiger partial charge in [-0.25, -0.2) is 9.37 Å². The van der Waals surface area contributed by atoms with Crippen LogP contribution < -0.4 is 15.0 Å². The fraction of sp³-hybridized carbons (Fsp3) is 0.261. The Bertz CT molecular complexity index is 1250. The first-order valence-corrected chi connectivity index (χ1v) is 10.5. The molecule has 0 saturated carbocycles. The standard InChI is InChI=1S/C23H18F6N4O3/c24-15-7-13(9-30-11-15)19-8-14(10-31-20(19)33-6-5-17(34)12-33)21(35)32-16-1-3-18(4-2-16)36-23(28,29)22(25,26)27/h1-4,7-11,17,34H,5-6,12H2,(H,32,35). The number of ether oxygens (including phenoxy) is 1. The number of nitrogens with zero attached hydrogens (tertiary/aromatic N) is 3. The summed E-state index contributed by atoms with van der Waals surface area (Å²) in [7, 11) is 0. The van der Waals surface area contributed by atoms with Gasteiger partial charge in [-0.3, -0.25) is 9.78 Å². The molecular formula is C23H18F6N4O3. The minimum absolute atomic E-state index is 0.0571. The Morgan fingerprint density at radius 2 is 1.81 bits per heavy atom. The second kappa shape index (κ2) is 9.64. The number of hydrogen-bond acceptors (Lipinski definition) is 6. The van der Waals surface area contributed by atoms with Crippen LogP contribution in [0, 0.1) is 5.82 Å². The first kappa shape index (κ1) is 25.2. The van der Waals surface area contributed by atoms with Crippen LogP contribution in [0.1, 0.15) is 16.8 Å². The number of anilines is 2. The van der Waals surface area contributed by atoms with Crippen molar-refractivity contribution in [3.05, 3.63) is 66.4 Å². The fourth-order valence-electron chi connectivity index (χ4n) is 3.55.